The van der Waals surface area contributed by atoms with Gasteiger partial charge in [0.1, 0.15) is 10.9 Å². The highest BCUT2D eigenvalue weighted by Crippen LogP contribution is 2.32. The average molecular weight is 472 g/mol. The predicted molar refractivity (Wildman–Crippen MR) is 126 cm³/mol. The first-order valence-corrected chi connectivity index (χ1v) is 11.5. The van der Waals surface area contributed by atoms with Crippen LogP contribution in [0.4, 0.5) is 5.69 Å². The summed E-state index contributed by atoms with van der Waals surface area (Å²) in [5, 5.41) is 4.83. The van der Waals surface area contributed by atoms with Crippen molar-refractivity contribution < 1.29 is 14.4 Å². The van der Waals surface area contributed by atoms with E-state index in [0.29, 0.717) is 4.88 Å². The maximum atomic E-state index is 13.7. The van der Waals surface area contributed by atoms with Crippen LogP contribution < -0.4 is 16.8 Å². The van der Waals surface area contributed by atoms with E-state index >= 15 is 0 Å². The quantitative estimate of drug-likeness (QED) is 0.487. The molecular weight excluding hydrogens is 446 g/mol. The van der Waals surface area contributed by atoms with E-state index in [-0.39, 0.29) is 28.7 Å². The maximum absolute atomic E-state index is 13.7. The van der Waals surface area contributed by atoms with Gasteiger partial charge in [0.05, 0.1) is 5.69 Å². The fourth-order valence-electron chi connectivity index (χ4n) is 3.13. The van der Waals surface area contributed by atoms with Crippen molar-refractivity contribution in [2.24, 2.45) is 5.73 Å². The molecular formula is C22H25N5O3S2. The molecule has 8 nitrogen and oxygen atoms in total. The van der Waals surface area contributed by atoms with Gasteiger partial charge in [-0.2, -0.15) is 4.37 Å². The fraction of sp³-hybridized carbons (Fsp3) is 0.273. The van der Waals surface area contributed by atoms with E-state index in [9.17, 15) is 14.4 Å². The summed E-state index contributed by atoms with van der Waals surface area (Å²) in [5.41, 5.74) is 11.5. The molecule has 2 heterocycles. The number of amides is 3. The van der Waals surface area contributed by atoms with Gasteiger partial charge in [-0.15, -0.1) is 11.3 Å². The molecule has 0 radical (unpaired) electrons. The predicted octanol–water partition coefficient (Wildman–Crippen LogP) is 3.18. The number of benzene rings is 1. The molecule has 0 spiro atoms. The molecule has 3 aromatic rings. The topological polar surface area (TPSA) is 131 Å². The number of rotatable bonds is 7. The Labute approximate surface area is 194 Å². The number of hydrogen-bond donors (Lipinski definition) is 3. The molecule has 5 N–H and O–H groups in total. The zero-order chi connectivity index (χ0) is 23.5. The van der Waals surface area contributed by atoms with Crippen molar-refractivity contribution in [2.75, 3.05) is 5.73 Å². The van der Waals surface area contributed by atoms with Gasteiger partial charge in [-0.1, -0.05) is 36.4 Å². The Kier molecular flexibility index (Phi) is 6.95. The van der Waals surface area contributed by atoms with Crippen LogP contribution in [-0.4, -0.2) is 32.5 Å². The summed E-state index contributed by atoms with van der Waals surface area (Å²) in [6.45, 7) is 5.78. The minimum Gasteiger partial charge on any atom is -0.395 e. The number of nitrogen functional groups attached to an aromatic ring is 1. The molecule has 1 atom stereocenters. The summed E-state index contributed by atoms with van der Waals surface area (Å²) in [5.74, 6) is -1.63. The number of nitrogens with two attached hydrogens (primary N) is 2. The normalized spacial score (nSPS) is 12.2. The Morgan fingerprint density at radius 2 is 1.81 bits per heavy atom. The number of carbonyl (C=O) groups excluding carboxylic acids is 3. The van der Waals surface area contributed by atoms with Crippen LogP contribution in [0.3, 0.4) is 0 Å². The lowest BCUT2D eigenvalue weighted by molar-refractivity contribution is -0.127. The monoisotopic (exact) mass is 471 g/mol. The van der Waals surface area contributed by atoms with E-state index in [1.807, 2.05) is 68.6 Å². The number of carbonyl (C=O) groups is 3. The van der Waals surface area contributed by atoms with Crippen molar-refractivity contribution in [3.63, 3.8) is 0 Å². The second-order valence-corrected chi connectivity index (χ2v) is 9.97. The highest BCUT2D eigenvalue weighted by Gasteiger charge is 2.36. The van der Waals surface area contributed by atoms with E-state index in [0.717, 1.165) is 17.1 Å². The summed E-state index contributed by atoms with van der Waals surface area (Å²) in [4.78, 5) is 40.9. The Hall–Kier alpha value is -3.24. The smallest absolute Gasteiger partial charge is 0.270 e. The molecule has 0 saturated heterocycles. The summed E-state index contributed by atoms with van der Waals surface area (Å²) >= 11 is 2.17. The molecule has 168 valence electrons. The molecule has 0 aliphatic heterocycles. The molecule has 0 bridgehead atoms. The Morgan fingerprint density at radius 3 is 2.34 bits per heavy atom. The number of nitrogens with one attached hydrogen (secondary N) is 1. The molecule has 1 aromatic carbocycles. The van der Waals surface area contributed by atoms with E-state index < -0.39 is 23.4 Å². The zero-order valence-corrected chi connectivity index (χ0v) is 19.6. The molecule has 2 aromatic heterocycles. The van der Waals surface area contributed by atoms with Crippen LogP contribution in [0.1, 0.15) is 57.4 Å². The van der Waals surface area contributed by atoms with Gasteiger partial charge in [-0.25, -0.2) is 0 Å². The number of hydrogen-bond acceptors (Lipinski definition) is 7. The highest BCUT2D eigenvalue weighted by molar-refractivity contribution is 7.10. The van der Waals surface area contributed by atoms with Crippen LogP contribution in [0, 0.1) is 0 Å². The average Bonchev–Trinajstić information content (AvgIpc) is 3.36. The van der Waals surface area contributed by atoms with Gasteiger partial charge in [-0.3, -0.25) is 14.4 Å². The van der Waals surface area contributed by atoms with E-state index in [1.54, 1.807) is 0 Å². The molecule has 32 heavy (non-hydrogen) atoms. The van der Waals surface area contributed by atoms with Crippen molar-refractivity contribution in [1.82, 2.24) is 14.6 Å². The summed E-state index contributed by atoms with van der Waals surface area (Å²) in [7, 11) is 0. The molecule has 0 aliphatic rings. The minimum absolute atomic E-state index is 0.0693. The van der Waals surface area contributed by atoms with Gasteiger partial charge in [0.25, 0.3) is 11.8 Å². The lowest BCUT2D eigenvalue weighted by Crippen LogP contribution is -2.48. The Morgan fingerprint density at radius 1 is 1.12 bits per heavy atom. The number of primary amides is 1. The largest absolute Gasteiger partial charge is 0.395 e. The van der Waals surface area contributed by atoms with Crippen molar-refractivity contribution in [3.8, 4) is 0 Å². The molecule has 0 aliphatic carbocycles. The number of thiophene rings is 1. The van der Waals surface area contributed by atoms with Gasteiger partial charge in [0, 0.05) is 17.0 Å². The third-order valence-corrected chi connectivity index (χ3v) is 6.26. The van der Waals surface area contributed by atoms with Crippen LogP contribution in [-0.2, 0) is 11.3 Å². The minimum atomic E-state index is -0.902. The zero-order valence-electron chi connectivity index (χ0n) is 18.0. The number of aromatic nitrogens is 1. The van der Waals surface area contributed by atoms with E-state index in [1.165, 1.54) is 16.2 Å². The molecule has 0 saturated carbocycles. The Bertz CT molecular complexity index is 1100. The molecule has 3 amide bonds. The molecule has 0 unspecified atom stereocenters. The van der Waals surface area contributed by atoms with Gasteiger partial charge < -0.3 is 21.7 Å². The SMILES string of the molecule is CC(C)(C)NC(=O)[C@H](c1cccs1)N(Cc1ccccc1)C(=O)c1snc(C(N)=O)c1N. The fourth-order valence-corrected chi connectivity index (χ4v) is 4.73. The van der Waals surface area contributed by atoms with Gasteiger partial charge >= 0.3 is 0 Å². The van der Waals surface area contributed by atoms with Gasteiger partial charge in [0.15, 0.2) is 5.69 Å². The van der Waals surface area contributed by atoms with Crippen molar-refractivity contribution >= 4 is 46.3 Å². The molecule has 0 fully saturated rings. The summed E-state index contributed by atoms with van der Waals surface area (Å²) < 4.78 is 3.95. The van der Waals surface area contributed by atoms with Gasteiger partial charge in [0.2, 0.25) is 5.91 Å². The highest BCUT2D eigenvalue weighted by atomic mass is 32.1. The Balaban J connectivity index is 2.10. The third-order valence-electron chi connectivity index (χ3n) is 4.48. The molecule has 3 rings (SSSR count). The molecule has 10 heteroatoms. The second kappa shape index (κ2) is 9.49. The van der Waals surface area contributed by atoms with Crippen LogP contribution in [0.2, 0.25) is 0 Å². The lowest BCUT2D eigenvalue weighted by Gasteiger charge is -2.33. The van der Waals surface area contributed by atoms with Crippen LogP contribution >= 0.6 is 22.9 Å². The number of anilines is 1. The number of nitrogens with zero attached hydrogens (tertiary/aromatic N) is 2. The first-order valence-electron chi connectivity index (χ1n) is 9.83. The van der Waals surface area contributed by atoms with Crippen LogP contribution in [0.5, 0.6) is 0 Å². The van der Waals surface area contributed by atoms with Crippen molar-refractivity contribution in [2.45, 2.75) is 38.9 Å². The van der Waals surface area contributed by atoms with E-state index in [4.69, 9.17) is 11.5 Å². The van der Waals surface area contributed by atoms with Crippen molar-refractivity contribution in [3.05, 3.63) is 68.9 Å². The summed E-state index contributed by atoms with van der Waals surface area (Å²) in [6, 6.07) is 12.1. The summed E-state index contributed by atoms with van der Waals surface area (Å²) in [6.07, 6.45) is 0. The van der Waals surface area contributed by atoms with Gasteiger partial charge in [-0.05, 0) is 49.3 Å². The standard InChI is InChI=1S/C22H25N5O3S2/c1-22(2,3)25-20(29)17(14-10-7-11-31-14)27(12-13-8-5-4-6-9-13)21(30)18-15(23)16(19(24)28)26-32-18/h4-11,17H,12,23H2,1-3H3,(H2,24,28)(H,25,29)/t17-/m0/s1. The second-order valence-electron chi connectivity index (χ2n) is 8.21. The van der Waals surface area contributed by atoms with E-state index in [2.05, 4.69) is 9.69 Å². The third kappa shape index (κ3) is 5.32. The lowest BCUT2D eigenvalue weighted by atomic mass is 10.1. The first-order chi connectivity index (χ1) is 15.1. The van der Waals surface area contributed by atoms with Crippen LogP contribution in [0.15, 0.2) is 47.8 Å². The van der Waals surface area contributed by atoms with Crippen molar-refractivity contribution in [1.29, 1.82) is 0 Å². The maximum Gasteiger partial charge on any atom is 0.270 e. The first kappa shape index (κ1) is 23.4. The van der Waals surface area contributed by atoms with Crippen LogP contribution in [0.25, 0.3) is 0 Å².